The van der Waals surface area contributed by atoms with E-state index in [4.69, 9.17) is 0 Å². The van der Waals surface area contributed by atoms with Crippen LogP contribution in [0.3, 0.4) is 0 Å². The van der Waals surface area contributed by atoms with E-state index in [9.17, 15) is 10.2 Å². The summed E-state index contributed by atoms with van der Waals surface area (Å²) in [6, 6.07) is 0. The van der Waals surface area contributed by atoms with Crippen LogP contribution in [-0.2, 0) is 0 Å². The number of aliphatic hydroxyl groups is 2. The van der Waals surface area contributed by atoms with Gasteiger partial charge in [-0.3, -0.25) is 0 Å². The second kappa shape index (κ2) is 3.35. The largest absolute Gasteiger partial charge is 0.390 e. The van der Waals surface area contributed by atoms with Gasteiger partial charge in [-0.05, 0) is 38.0 Å². The van der Waals surface area contributed by atoms with Crippen LogP contribution in [0.2, 0.25) is 0 Å². The highest BCUT2D eigenvalue weighted by Crippen LogP contribution is 2.35. The molecule has 2 N–H and O–H groups in total. The summed E-state index contributed by atoms with van der Waals surface area (Å²) in [5, 5.41) is 19.3. The minimum absolute atomic E-state index is 0.529. The van der Waals surface area contributed by atoms with Gasteiger partial charge in [-0.15, -0.1) is 0 Å². The maximum Gasteiger partial charge on any atom is 0.0877 e. The normalized spacial score (nSPS) is 43.5. The van der Waals surface area contributed by atoms with E-state index in [1.807, 2.05) is 0 Å². The van der Waals surface area contributed by atoms with E-state index < -0.39 is 11.7 Å². The lowest BCUT2D eigenvalue weighted by Crippen LogP contribution is -2.45. The smallest absolute Gasteiger partial charge is 0.0877 e. The number of hydrogen-bond acceptors (Lipinski definition) is 2. The van der Waals surface area contributed by atoms with Gasteiger partial charge in [0.05, 0.1) is 11.7 Å². The Morgan fingerprint density at radius 1 is 1.42 bits per heavy atom. The first-order chi connectivity index (χ1) is 5.43. The van der Waals surface area contributed by atoms with Crippen LogP contribution in [0.5, 0.6) is 0 Å². The molecule has 0 bridgehead atoms. The molecule has 2 nitrogen and oxygen atoms in total. The third-order valence-corrected chi connectivity index (χ3v) is 3.21. The van der Waals surface area contributed by atoms with Crippen LogP contribution < -0.4 is 0 Å². The summed E-state index contributed by atoms with van der Waals surface area (Å²) < 4.78 is 0. The Kier molecular flexibility index (Phi) is 2.79. The van der Waals surface area contributed by atoms with Crippen LogP contribution in [-0.4, -0.2) is 21.9 Å². The van der Waals surface area contributed by atoms with Gasteiger partial charge in [0.25, 0.3) is 0 Å². The van der Waals surface area contributed by atoms with E-state index in [0.29, 0.717) is 11.8 Å². The SMILES string of the molecule is CC(C)[C@H]1CCC(C)(O)[C@@H](O)C1. The summed E-state index contributed by atoms with van der Waals surface area (Å²) in [5.74, 6) is 1.20. The maximum absolute atomic E-state index is 9.69. The van der Waals surface area contributed by atoms with Crippen LogP contribution >= 0.6 is 0 Å². The molecule has 1 aliphatic carbocycles. The fourth-order valence-electron chi connectivity index (χ4n) is 1.91. The second-order valence-electron chi connectivity index (χ2n) is 4.65. The summed E-state index contributed by atoms with van der Waals surface area (Å²) in [7, 11) is 0. The van der Waals surface area contributed by atoms with Gasteiger partial charge in [-0.1, -0.05) is 13.8 Å². The molecule has 1 fully saturated rings. The average molecular weight is 172 g/mol. The number of aliphatic hydroxyl groups excluding tert-OH is 1. The highest BCUT2D eigenvalue weighted by Gasteiger charge is 2.37. The molecule has 1 unspecified atom stereocenters. The first-order valence-electron chi connectivity index (χ1n) is 4.84. The van der Waals surface area contributed by atoms with Gasteiger partial charge in [-0.2, -0.15) is 0 Å². The van der Waals surface area contributed by atoms with Crippen molar-refractivity contribution in [2.45, 2.75) is 51.7 Å². The molecule has 2 heteroatoms. The van der Waals surface area contributed by atoms with Crippen LogP contribution in [0.1, 0.15) is 40.0 Å². The Bertz CT molecular complexity index is 152. The summed E-state index contributed by atoms with van der Waals surface area (Å²) in [4.78, 5) is 0. The van der Waals surface area contributed by atoms with Crippen molar-refractivity contribution in [1.29, 1.82) is 0 Å². The van der Waals surface area contributed by atoms with Crippen molar-refractivity contribution in [2.24, 2.45) is 11.8 Å². The second-order valence-corrected chi connectivity index (χ2v) is 4.65. The summed E-state index contributed by atoms with van der Waals surface area (Å²) >= 11 is 0. The van der Waals surface area contributed by atoms with E-state index in [-0.39, 0.29) is 0 Å². The zero-order valence-corrected chi connectivity index (χ0v) is 8.25. The van der Waals surface area contributed by atoms with Gasteiger partial charge in [0, 0.05) is 0 Å². The molecular weight excluding hydrogens is 152 g/mol. The van der Waals surface area contributed by atoms with Crippen LogP contribution in [0, 0.1) is 11.8 Å². The van der Waals surface area contributed by atoms with Gasteiger partial charge < -0.3 is 10.2 Å². The highest BCUT2D eigenvalue weighted by atomic mass is 16.3. The molecule has 0 aromatic heterocycles. The summed E-state index contributed by atoms with van der Waals surface area (Å²) in [6.07, 6.45) is 2.00. The minimum Gasteiger partial charge on any atom is -0.390 e. The van der Waals surface area contributed by atoms with E-state index in [1.54, 1.807) is 6.92 Å². The molecule has 0 saturated heterocycles. The molecule has 0 aliphatic heterocycles. The standard InChI is InChI=1S/C10H20O2/c1-7(2)8-4-5-10(3,12)9(11)6-8/h7-9,11-12H,4-6H2,1-3H3/t8-,9-,10?/m0/s1. The van der Waals surface area contributed by atoms with Crippen molar-refractivity contribution in [2.75, 3.05) is 0 Å². The lowest BCUT2D eigenvalue weighted by atomic mass is 9.73. The lowest BCUT2D eigenvalue weighted by molar-refractivity contribution is -0.103. The summed E-state index contributed by atoms with van der Waals surface area (Å²) in [5.41, 5.74) is -0.842. The van der Waals surface area contributed by atoms with Gasteiger partial charge in [0.15, 0.2) is 0 Å². The fraction of sp³-hybridized carbons (Fsp3) is 1.00. The molecule has 0 aromatic carbocycles. The first-order valence-corrected chi connectivity index (χ1v) is 4.84. The van der Waals surface area contributed by atoms with Crippen molar-refractivity contribution >= 4 is 0 Å². The third-order valence-electron chi connectivity index (χ3n) is 3.21. The van der Waals surface area contributed by atoms with Gasteiger partial charge in [0.1, 0.15) is 0 Å². The zero-order chi connectivity index (χ0) is 9.35. The molecule has 1 saturated carbocycles. The molecule has 1 aliphatic rings. The average Bonchev–Trinajstić information content (AvgIpc) is 1.94. The monoisotopic (exact) mass is 172 g/mol. The van der Waals surface area contributed by atoms with Crippen molar-refractivity contribution in [3.05, 3.63) is 0 Å². The van der Waals surface area contributed by atoms with E-state index in [1.165, 1.54) is 0 Å². The molecule has 12 heavy (non-hydrogen) atoms. The minimum atomic E-state index is -0.842. The highest BCUT2D eigenvalue weighted by molar-refractivity contribution is 4.89. The van der Waals surface area contributed by atoms with Crippen molar-refractivity contribution in [1.82, 2.24) is 0 Å². The molecule has 72 valence electrons. The Labute approximate surface area is 74.6 Å². The molecular formula is C10H20O2. The van der Waals surface area contributed by atoms with E-state index in [2.05, 4.69) is 13.8 Å². The molecule has 0 heterocycles. The third kappa shape index (κ3) is 1.99. The Balaban J connectivity index is 2.52. The predicted molar refractivity (Wildman–Crippen MR) is 48.8 cm³/mol. The molecule has 0 aromatic rings. The molecule has 0 amide bonds. The van der Waals surface area contributed by atoms with Gasteiger partial charge in [-0.25, -0.2) is 0 Å². The maximum atomic E-state index is 9.69. The Morgan fingerprint density at radius 3 is 2.42 bits per heavy atom. The van der Waals surface area contributed by atoms with Gasteiger partial charge in [0.2, 0.25) is 0 Å². The zero-order valence-electron chi connectivity index (χ0n) is 8.25. The molecule has 1 rings (SSSR count). The topological polar surface area (TPSA) is 40.5 Å². The van der Waals surface area contributed by atoms with Crippen LogP contribution in [0.25, 0.3) is 0 Å². The lowest BCUT2D eigenvalue weighted by Gasteiger charge is -2.39. The number of hydrogen-bond donors (Lipinski definition) is 2. The van der Waals surface area contributed by atoms with Crippen molar-refractivity contribution in [3.63, 3.8) is 0 Å². The van der Waals surface area contributed by atoms with Crippen LogP contribution in [0.15, 0.2) is 0 Å². The van der Waals surface area contributed by atoms with Crippen LogP contribution in [0.4, 0.5) is 0 Å². The quantitative estimate of drug-likeness (QED) is 0.630. The molecule has 3 atom stereocenters. The van der Waals surface area contributed by atoms with E-state index >= 15 is 0 Å². The fourth-order valence-corrected chi connectivity index (χ4v) is 1.91. The first kappa shape index (κ1) is 10.0. The molecule has 0 spiro atoms. The predicted octanol–water partition coefficient (Wildman–Crippen LogP) is 1.55. The van der Waals surface area contributed by atoms with E-state index in [0.717, 1.165) is 19.3 Å². The Hall–Kier alpha value is -0.0800. The van der Waals surface area contributed by atoms with Gasteiger partial charge >= 0.3 is 0 Å². The Morgan fingerprint density at radius 2 is 2.00 bits per heavy atom. The summed E-state index contributed by atoms with van der Waals surface area (Å²) in [6.45, 7) is 6.09. The number of rotatable bonds is 1. The van der Waals surface area contributed by atoms with Crippen molar-refractivity contribution in [3.8, 4) is 0 Å². The molecule has 0 radical (unpaired) electrons. The van der Waals surface area contributed by atoms with Crippen molar-refractivity contribution < 1.29 is 10.2 Å².